The number of amides is 1. The lowest BCUT2D eigenvalue weighted by atomic mass is 9.99. The van der Waals surface area contributed by atoms with E-state index in [1.54, 1.807) is 36.5 Å². The summed E-state index contributed by atoms with van der Waals surface area (Å²) in [6, 6.07) is 9.65. The zero-order valence-electron chi connectivity index (χ0n) is 21.3. The van der Waals surface area contributed by atoms with Crippen molar-refractivity contribution in [3.05, 3.63) is 66.5 Å². The number of carbonyl (C=O) groups is 2. The van der Waals surface area contributed by atoms with Gasteiger partial charge in [0.25, 0.3) is 0 Å². The number of hydrogen-bond acceptors (Lipinski definition) is 6. The summed E-state index contributed by atoms with van der Waals surface area (Å²) in [5.74, 6) is -1.60. The minimum Gasteiger partial charge on any atom is -0.480 e. The molecule has 4 N–H and O–H groups in total. The van der Waals surface area contributed by atoms with Crippen LogP contribution >= 0.6 is 0 Å². The molecule has 0 saturated heterocycles. The van der Waals surface area contributed by atoms with E-state index in [1.807, 2.05) is 25.1 Å². The molecular formula is C27H30FN7O3. The van der Waals surface area contributed by atoms with Crippen molar-refractivity contribution in [3.8, 4) is 33.6 Å². The molecule has 10 nitrogen and oxygen atoms in total. The summed E-state index contributed by atoms with van der Waals surface area (Å²) in [7, 11) is 1.68. The third-order valence-electron chi connectivity index (χ3n) is 6.30. The van der Waals surface area contributed by atoms with Gasteiger partial charge in [-0.15, -0.1) is 0 Å². The Morgan fingerprint density at radius 2 is 1.97 bits per heavy atom. The van der Waals surface area contributed by atoms with E-state index in [-0.39, 0.29) is 12.5 Å². The van der Waals surface area contributed by atoms with E-state index in [1.165, 1.54) is 16.9 Å². The van der Waals surface area contributed by atoms with E-state index in [0.717, 1.165) is 28.2 Å². The number of unbranched alkanes of at least 4 members (excludes halogenated alkanes) is 1. The van der Waals surface area contributed by atoms with Crippen LogP contribution in [0.1, 0.15) is 25.0 Å². The van der Waals surface area contributed by atoms with E-state index >= 15 is 0 Å². The lowest BCUT2D eigenvalue weighted by Crippen LogP contribution is -2.32. The minimum absolute atomic E-state index is 0.00262. The average molecular weight is 520 g/mol. The maximum Gasteiger partial charge on any atom is 0.320 e. The lowest BCUT2D eigenvalue weighted by Gasteiger charge is -2.17. The molecule has 1 atom stereocenters. The second-order valence-corrected chi connectivity index (χ2v) is 9.20. The molecule has 198 valence electrons. The second-order valence-electron chi connectivity index (χ2n) is 9.20. The van der Waals surface area contributed by atoms with Crippen molar-refractivity contribution < 1.29 is 19.1 Å². The number of likely N-dealkylation sites (N-methyl/N-ethyl adjacent to an activating group) is 1. The first-order chi connectivity index (χ1) is 18.2. The van der Waals surface area contributed by atoms with Crippen LogP contribution in [-0.4, -0.2) is 66.5 Å². The molecule has 0 fully saturated rings. The summed E-state index contributed by atoms with van der Waals surface area (Å²) in [5.41, 5.74) is 10.3. The highest BCUT2D eigenvalue weighted by atomic mass is 19.1. The Morgan fingerprint density at radius 3 is 2.74 bits per heavy atom. The fraction of sp³-hybridized carbons (Fsp3) is 0.296. The zero-order valence-corrected chi connectivity index (χ0v) is 21.3. The van der Waals surface area contributed by atoms with Gasteiger partial charge in [0.2, 0.25) is 5.91 Å². The van der Waals surface area contributed by atoms with Gasteiger partial charge < -0.3 is 15.7 Å². The summed E-state index contributed by atoms with van der Waals surface area (Å²) in [5, 5.41) is 20.3. The summed E-state index contributed by atoms with van der Waals surface area (Å²) < 4.78 is 16.3. The van der Waals surface area contributed by atoms with Crippen molar-refractivity contribution >= 4 is 11.9 Å². The topological polar surface area (TPSA) is 143 Å². The fourth-order valence-corrected chi connectivity index (χ4v) is 4.11. The third kappa shape index (κ3) is 6.30. The SMILES string of the molecule is Cc1cccc(-c2[nH]ncc2-c2ccc(F)c(-c3cnn(CC(=O)N(C)CCCC[C@H](N)C(=O)O)c3)c2)n1. The first-order valence-electron chi connectivity index (χ1n) is 12.3. The van der Waals surface area contributed by atoms with E-state index in [0.29, 0.717) is 36.9 Å². The Kier molecular flexibility index (Phi) is 8.27. The number of benzene rings is 1. The van der Waals surface area contributed by atoms with E-state index < -0.39 is 17.8 Å². The molecule has 4 rings (SSSR count). The Labute approximate surface area is 219 Å². The van der Waals surface area contributed by atoms with Crippen molar-refractivity contribution in [2.75, 3.05) is 13.6 Å². The standard InChI is InChI=1S/C27H30FN7O3/c1-17-6-5-8-24(32-17)26-21(14-30-33-26)18-9-10-22(28)20(12-18)19-13-31-35(15-19)16-25(36)34(2)11-4-3-7-23(29)27(37)38/h5-6,8-10,12-15,23H,3-4,7,11,16,29H2,1-2H3,(H,30,33)(H,37,38)/t23-/m0/s1. The fourth-order valence-electron chi connectivity index (χ4n) is 4.11. The van der Waals surface area contributed by atoms with E-state index in [4.69, 9.17) is 10.8 Å². The molecule has 3 heterocycles. The van der Waals surface area contributed by atoms with Crippen LogP contribution in [0.25, 0.3) is 33.6 Å². The van der Waals surface area contributed by atoms with Crippen molar-refractivity contribution in [1.82, 2.24) is 29.9 Å². The number of pyridine rings is 1. The molecule has 1 amide bonds. The van der Waals surface area contributed by atoms with Crippen molar-refractivity contribution in [2.24, 2.45) is 5.73 Å². The number of aliphatic carboxylic acids is 1. The maximum absolute atomic E-state index is 14.9. The molecule has 38 heavy (non-hydrogen) atoms. The maximum atomic E-state index is 14.9. The van der Waals surface area contributed by atoms with Gasteiger partial charge in [-0.25, -0.2) is 4.39 Å². The quantitative estimate of drug-likeness (QED) is 0.257. The summed E-state index contributed by atoms with van der Waals surface area (Å²) in [4.78, 5) is 29.5. The molecule has 0 aliphatic rings. The number of H-pyrrole nitrogens is 1. The molecule has 0 spiro atoms. The number of nitrogens with zero attached hydrogens (tertiary/aromatic N) is 5. The number of aromatic amines is 1. The monoisotopic (exact) mass is 519 g/mol. The van der Waals surface area contributed by atoms with Gasteiger partial charge in [-0.3, -0.25) is 24.4 Å². The molecule has 0 aliphatic carbocycles. The number of aryl methyl sites for hydroxylation is 1. The van der Waals surface area contributed by atoms with Crippen LogP contribution in [0.5, 0.6) is 0 Å². The van der Waals surface area contributed by atoms with Gasteiger partial charge in [0.15, 0.2) is 0 Å². The number of halogens is 1. The molecule has 1 aromatic carbocycles. The van der Waals surface area contributed by atoms with Gasteiger partial charge in [-0.1, -0.05) is 12.1 Å². The van der Waals surface area contributed by atoms with Crippen molar-refractivity contribution in [2.45, 2.75) is 38.8 Å². The van der Waals surface area contributed by atoms with Crippen LogP contribution in [0.4, 0.5) is 4.39 Å². The van der Waals surface area contributed by atoms with Crippen LogP contribution in [-0.2, 0) is 16.1 Å². The Balaban J connectivity index is 1.44. The first-order valence-corrected chi connectivity index (χ1v) is 12.3. The molecule has 0 unspecified atom stereocenters. The number of carboxylic acids is 1. The third-order valence-corrected chi connectivity index (χ3v) is 6.30. The first kappa shape index (κ1) is 26.7. The van der Waals surface area contributed by atoms with Gasteiger partial charge in [0.05, 0.1) is 23.8 Å². The molecule has 0 saturated carbocycles. The molecule has 4 aromatic rings. The average Bonchev–Trinajstić information content (AvgIpc) is 3.56. The number of carboxylic acid groups (broad SMARTS) is 1. The van der Waals surface area contributed by atoms with Gasteiger partial charge in [-0.05, 0) is 56.0 Å². The summed E-state index contributed by atoms with van der Waals surface area (Å²) >= 11 is 0. The normalized spacial score (nSPS) is 11.9. The number of carbonyl (C=O) groups excluding carboxylic acids is 1. The van der Waals surface area contributed by atoms with Gasteiger partial charge in [0.1, 0.15) is 18.4 Å². The zero-order chi connectivity index (χ0) is 27.2. The van der Waals surface area contributed by atoms with Crippen LogP contribution in [0.2, 0.25) is 0 Å². The molecule has 11 heteroatoms. The Hall–Kier alpha value is -4.38. The highest BCUT2D eigenvalue weighted by Gasteiger charge is 2.17. The molecule has 0 radical (unpaired) electrons. The summed E-state index contributed by atoms with van der Waals surface area (Å²) in [6.07, 6.45) is 6.44. The predicted molar refractivity (Wildman–Crippen MR) is 140 cm³/mol. The Morgan fingerprint density at radius 1 is 1.16 bits per heavy atom. The number of aromatic nitrogens is 5. The number of nitrogens with one attached hydrogen (secondary N) is 1. The molecule has 3 aromatic heterocycles. The van der Waals surface area contributed by atoms with Crippen LogP contribution < -0.4 is 5.73 Å². The van der Waals surface area contributed by atoms with Gasteiger partial charge in [-0.2, -0.15) is 10.2 Å². The smallest absolute Gasteiger partial charge is 0.320 e. The minimum atomic E-state index is -1.03. The van der Waals surface area contributed by atoms with Gasteiger partial charge >= 0.3 is 5.97 Å². The van der Waals surface area contributed by atoms with E-state index in [9.17, 15) is 14.0 Å². The number of hydrogen-bond donors (Lipinski definition) is 3. The Bertz CT molecular complexity index is 1430. The van der Waals surface area contributed by atoms with Crippen LogP contribution in [0.15, 0.2) is 55.0 Å². The second kappa shape index (κ2) is 11.8. The predicted octanol–water partition coefficient (Wildman–Crippen LogP) is 3.49. The van der Waals surface area contributed by atoms with Crippen LogP contribution in [0.3, 0.4) is 0 Å². The molecular weight excluding hydrogens is 489 g/mol. The highest BCUT2D eigenvalue weighted by Crippen LogP contribution is 2.33. The van der Waals surface area contributed by atoms with E-state index in [2.05, 4.69) is 20.3 Å². The molecule has 0 aliphatic heterocycles. The van der Waals surface area contributed by atoms with Crippen LogP contribution in [0, 0.1) is 12.7 Å². The molecule has 0 bridgehead atoms. The van der Waals surface area contributed by atoms with Gasteiger partial charge in [0, 0.05) is 42.2 Å². The van der Waals surface area contributed by atoms with Crippen molar-refractivity contribution in [3.63, 3.8) is 0 Å². The summed E-state index contributed by atoms with van der Waals surface area (Å²) in [6.45, 7) is 2.38. The lowest BCUT2D eigenvalue weighted by molar-refractivity contribution is -0.138. The van der Waals surface area contributed by atoms with Crippen molar-refractivity contribution in [1.29, 1.82) is 0 Å². The number of nitrogens with two attached hydrogens (primary N) is 1. The largest absolute Gasteiger partial charge is 0.480 e. The number of rotatable bonds is 11. The highest BCUT2D eigenvalue weighted by molar-refractivity contribution is 5.82.